The van der Waals surface area contributed by atoms with E-state index in [1.807, 2.05) is 20.8 Å². The first-order chi connectivity index (χ1) is 17.3. The topological polar surface area (TPSA) is 151 Å². The van der Waals surface area contributed by atoms with Crippen LogP contribution in [-0.2, 0) is 29.1 Å². The third-order valence-electron chi connectivity index (χ3n) is 7.92. The summed E-state index contributed by atoms with van der Waals surface area (Å²) in [7, 11) is -3.86. The van der Waals surface area contributed by atoms with Crippen molar-refractivity contribution >= 4 is 33.8 Å². The van der Waals surface area contributed by atoms with Gasteiger partial charge in [0.25, 0.3) is 5.91 Å². The maximum absolute atomic E-state index is 13.6. The number of hydrogen-bond acceptors (Lipinski definition) is 7. The Hall–Kier alpha value is -2.37. The van der Waals surface area contributed by atoms with Gasteiger partial charge in [-0.05, 0) is 70.6 Å². The lowest BCUT2D eigenvalue weighted by atomic mass is 9.85. The van der Waals surface area contributed by atoms with Crippen LogP contribution >= 0.6 is 0 Å². The van der Waals surface area contributed by atoms with Gasteiger partial charge in [-0.1, -0.05) is 34.6 Å². The van der Waals surface area contributed by atoms with E-state index < -0.39 is 67.2 Å². The molecule has 0 radical (unpaired) electrons. The number of nitrogens with one attached hydrogen (secondary N) is 3. The first-order valence-corrected chi connectivity index (χ1v) is 15.0. The molecule has 3 rings (SSSR count). The molecule has 0 spiro atoms. The standard InChI is InChI=1S/C26H44N4O7S/c1-9-25(12-13-25)38(35,36)29-21(33)26(15-16(26)2)28-19(31)17-11-10-14-30(17)20(32)18(23(3,4)5)27-22(34)37-24(6,7)8/h16-18H,9-15H2,1-8H3,(H,27,34)(H,28,31)(H,29,33)/t16-,17+,18-,26-/m1/s1. The van der Waals surface area contributed by atoms with Gasteiger partial charge in [0.15, 0.2) is 0 Å². The van der Waals surface area contributed by atoms with E-state index in [-0.39, 0.29) is 5.92 Å². The average molecular weight is 557 g/mol. The summed E-state index contributed by atoms with van der Waals surface area (Å²) >= 11 is 0. The summed E-state index contributed by atoms with van der Waals surface area (Å²) in [6, 6.07) is -1.79. The van der Waals surface area contributed by atoms with Crippen LogP contribution in [0.25, 0.3) is 0 Å². The van der Waals surface area contributed by atoms with E-state index in [0.29, 0.717) is 45.1 Å². The Balaban J connectivity index is 1.73. The predicted octanol–water partition coefficient (Wildman–Crippen LogP) is 2.20. The second-order valence-electron chi connectivity index (χ2n) is 13.2. The Labute approximate surface area is 226 Å². The molecule has 0 aromatic heterocycles. The molecule has 0 aromatic rings. The zero-order valence-electron chi connectivity index (χ0n) is 23.9. The number of carbonyl (C=O) groups excluding carboxylic acids is 4. The largest absolute Gasteiger partial charge is 0.444 e. The van der Waals surface area contributed by atoms with E-state index >= 15 is 0 Å². The van der Waals surface area contributed by atoms with Crippen LogP contribution in [-0.4, -0.2) is 71.6 Å². The highest BCUT2D eigenvalue weighted by molar-refractivity contribution is 7.91. The van der Waals surface area contributed by atoms with Crippen LogP contribution < -0.4 is 15.4 Å². The van der Waals surface area contributed by atoms with Gasteiger partial charge in [0.05, 0.1) is 4.75 Å². The minimum atomic E-state index is -3.86. The van der Waals surface area contributed by atoms with Crippen molar-refractivity contribution < 1.29 is 32.3 Å². The van der Waals surface area contributed by atoms with E-state index in [9.17, 15) is 27.6 Å². The van der Waals surface area contributed by atoms with Crippen LogP contribution in [0.4, 0.5) is 4.79 Å². The third kappa shape index (κ3) is 6.10. The molecular formula is C26H44N4O7S. The Morgan fingerprint density at radius 3 is 2.11 bits per heavy atom. The summed E-state index contributed by atoms with van der Waals surface area (Å²) in [5.41, 5.74) is -2.75. The molecule has 0 bridgehead atoms. The Bertz CT molecular complexity index is 1090. The lowest BCUT2D eigenvalue weighted by Crippen LogP contribution is -2.60. The zero-order valence-corrected chi connectivity index (χ0v) is 24.7. The smallest absolute Gasteiger partial charge is 0.408 e. The van der Waals surface area contributed by atoms with Crippen molar-refractivity contribution in [2.45, 2.75) is 122 Å². The molecule has 1 saturated heterocycles. The molecule has 0 aromatic carbocycles. The molecule has 3 N–H and O–H groups in total. The molecule has 11 nitrogen and oxygen atoms in total. The number of amides is 4. The monoisotopic (exact) mass is 556 g/mol. The molecule has 4 amide bonds. The van der Waals surface area contributed by atoms with Crippen LogP contribution in [0.3, 0.4) is 0 Å². The van der Waals surface area contributed by atoms with Crippen molar-refractivity contribution in [3.05, 3.63) is 0 Å². The molecule has 3 fully saturated rings. The molecule has 38 heavy (non-hydrogen) atoms. The highest BCUT2D eigenvalue weighted by Gasteiger charge is 2.62. The Morgan fingerprint density at radius 2 is 1.66 bits per heavy atom. The van der Waals surface area contributed by atoms with Gasteiger partial charge in [-0.3, -0.25) is 19.1 Å². The molecule has 2 saturated carbocycles. The summed E-state index contributed by atoms with van der Waals surface area (Å²) in [6.45, 7) is 14.5. The number of carbonyl (C=O) groups is 4. The quantitative estimate of drug-likeness (QED) is 0.415. The van der Waals surface area contributed by atoms with Gasteiger partial charge in [0.2, 0.25) is 21.8 Å². The molecule has 12 heteroatoms. The fourth-order valence-electron chi connectivity index (χ4n) is 5.09. The maximum Gasteiger partial charge on any atom is 0.408 e. The van der Waals surface area contributed by atoms with E-state index in [2.05, 4.69) is 15.4 Å². The van der Waals surface area contributed by atoms with E-state index in [0.717, 1.165) is 0 Å². The molecule has 1 heterocycles. The van der Waals surface area contributed by atoms with E-state index in [4.69, 9.17) is 4.74 Å². The second-order valence-corrected chi connectivity index (χ2v) is 15.2. The van der Waals surface area contributed by atoms with Gasteiger partial charge in [0, 0.05) is 6.54 Å². The summed E-state index contributed by atoms with van der Waals surface area (Å²) in [5.74, 6) is -1.90. The number of nitrogens with zero attached hydrogens (tertiary/aromatic N) is 1. The van der Waals surface area contributed by atoms with Crippen molar-refractivity contribution in [3.8, 4) is 0 Å². The van der Waals surface area contributed by atoms with Crippen LogP contribution in [0.1, 0.15) is 93.9 Å². The summed E-state index contributed by atoms with van der Waals surface area (Å²) < 4.78 is 32.3. The Kier molecular flexibility index (Phi) is 7.93. The van der Waals surface area contributed by atoms with Crippen molar-refractivity contribution in [1.82, 2.24) is 20.3 Å². The molecule has 1 aliphatic heterocycles. The fourth-order valence-corrected chi connectivity index (χ4v) is 6.75. The van der Waals surface area contributed by atoms with Gasteiger partial charge in [0.1, 0.15) is 23.2 Å². The second kappa shape index (κ2) is 9.98. The molecule has 4 atom stereocenters. The minimum absolute atomic E-state index is 0.250. The van der Waals surface area contributed by atoms with Crippen LogP contribution in [0, 0.1) is 11.3 Å². The fraction of sp³-hybridized carbons (Fsp3) is 0.846. The molecule has 216 valence electrons. The minimum Gasteiger partial charge on any atom is -0.444 e. The van der Waals surface area contributed by atoms with Gasteiger partial charge < -0.3 is 20.3 Å². The molecule has 0 unspecified atom stereocenters. The van der Waals surface area contributed by atoms with E-state index in [1.165, 1.54) is 4.90 Å². The SMILES string of the molecule is CCC1(S(=O)(=O)NC(=O)[C@@]2(NC(=O)[C@@H]3CCCN3C(=O)[C@@H](NC(=O)OC(C)(C)C)C(C)(C)C)C[C@H]2C)CC1. The van der Waals surface area contributed by atoms with Crippen molar-refractivity contribution in [3.63, 3.8) is 0 Å². The van der Waals surface area contributed by atoms with Gasteiger partial charge in [-0.2, -0.15) is 0 Å². The number of likely N-dealkylation sites (tertiary alicyclic amines) is 1. The van der Waals surface area contributed by atoms with Gasteiger partial charge in [-0.25, -0.2) is 13.2 Å². The molecular weight excluding hydrogens is 512 g/mol. The van der Waals surface area contributed by atoms with Crippen molar-refractivity contribution in [1.29, 1.82) is 0 Å². The zero-order chi connectivity index (χ0) is 28.9. The van der Waals surface area contributed by atoms with Crippen LogP contribution in [0.2, 0.25) is 0 Å². The predicted molar refractivity (Wildman–Crippen MR) is 141 cm³/mol. The average Bonchev–Trinajstić information content (AvgIpc) is 3.63. The maximum atomic E-state index is 13.6. The van der Waals surface area contributed by atoms with E-state index in [1.54, 1.807) is 34.6 Å². The van der Waals surface area contributed by atoms with Crippen molar-refractivity contribution in [2.75, 3.05) is 6.54 Å². The molecule has 2 aliphatic carbocycles. The lowest BCUT2D eigenvalue weighted by molar-refractivity contribution is -0.142. The van der Waals surface area contributed by atoms with Gasteiger partial charge in [-0.15, -0.1) is 0 Å². The Morgan fingerprint density at radius 1 is 1.08 bits per heavy atom. The number of sulfonamides is 1. The highest BCUT2D eigenvalue weighted by Crippen LogP contribution is 2.48. The number of rotatable bonds is 8. The number of hydrogen-bond donors (Lipinski definition) is 3. The first-order valence-electron chi connectivity index (χ1n) is 13.5. The lowest BCUT2D eigenvalue weighted by Gasteiger charge is -2.36. The highest BCUT2D eigenvalue weighted by atomic mass is 32.2. The number of alkyl carbamates (subject to hydrolysis) is 1. The normalized spacial score (nSPS) is 27.2. The summed E-state index contributed by atoms with van der Waals surface area (Å²) in [6.07, 6.45) is 1.98. The summed E-state index contributed by atoms with van der Waals surface area (Å²) in [4.78, 5) is 54.1. The van der Waals surface area contributed by atoms with Crippen molar-refractivity contribution in [2.24, 2.45) is 11.3 Å². The third-order valence-corrected chi connectivity index (χ3v) is 10.2. The van der Waals surface area contributed by atoms with Crippen LogP contribution in [0.5, 0.6) is 0 Å². The van der Waals surface area contributed by atoms with Gasteiger partial charge >= 0.3 is 6.09 Å². The summed E-state index contributed by atoms with van der Waals surface area (Å²) in [5, 5.41) is 5.46. The first kappa shape index (κ1) is 30.2. The number of ether oxygens (including phenoxy) is 1. The molecule has 3 aliphatic rings. The van der Waals surface area contributed by atoms with Crippen LogP contribution in [0.15, 0.2) is 0 Å².